The van der Waals surface area contributed by atoms with Gasteiger partial charge in [-0.05, 0) is 17.7 Å². The molecule has 1 heterocycles. The van der Waals surface area contributed by atoms with Crippen LogP contribution in [0.1, 0.15) is 12.0 Å². The molecule has 0 saturated heterocycles. The van der Waals surface area contributed by atoms with Gasteiger partial charge in [-0.1, -0.05) is 5.92 Å². The van der Waals surface area contributed by atoms with Crippen LogP contribution in [0, 0.1) is 12.3 Å². The van der Waals surface area contributed by atoms with Crippen molar-refractivity contribution in [2.45, 2.75) is 12.0 Å². The summed E-state index contributed by atoms with van der Waals surface area (Å²) in [4.78, 5) is 14.1. The predicted octanol–water partition coefficient (Wildman–Crippen LogP) is 0.491. The molecular weight excluding hydrogens is 166 g/mol. The molecule has 1 aromatic rings. The van der Waals surface area contributed by atoms with Gasteiger partial charge in [-0.2, -0.15) is 0 Å². The lowest BCUT2D eigenvalue weighted by Crippen LogP contribution is -2.23. The van der Waals surface area contributed by atoms with Crippen molar-refractivity contribution in [2.75, 3.05) is 0 Å². The molecule has 0 aromatic carbocycles. The maximum atomic E-state index is 10.3. The van der Waals surface area contributed by atoms with E-state index in [0.29, 0.717) is 11.8 Å². The summed E-state index contributed by atoms with van der Waals surface area (Å²) in [6.07, 6.45) is 8.67. The third-order valence-electron chi connectivity index (χ3n) is 1.78. The summed E-state index contributed by atoms with van der Waals surface area (Å²) in [6.45, 7) is 0. The van der Waals surface area contributed by atoms with Crippen LogP contribution in [0.15, 0.2) is 24.5 Å². The Hall–Kier alpha value is -1.66. The van der Waals surface area contributed by atoms with E-state index in [1.807, 2.05) is 0 Å². The van der Waals surface area contributed by atoms with E-state index in [1.165, 1.54) is 12.4 Å². The Balaban J connectivity index is 3.04. The van der Waals surface area contributed by atoms with Gasteiger partial charge in [0.05, 0.1) is 0 Å². The fraction of sp³-hybridized carbons (Fsp3) is 0.200. The average molecular weight is 175 g/mol. The molecule has 1 aromatic heterocycles. The molecule has 0 bridgehead atoms. The maximum Gasteiger partial charge on any atom is 0.157 e. The summed E-state index contributed by atoms with van der Waals surface area (Å²) in [6, 6.07) is 3.17. The van der Waals surface area contributed by atoms with Crippen molar-refractivity contribution >= 4 is 6.29 Å². The number of carbonyl (C=O) groups excluding carboxylic acids is 1. The van der Waals surface area contributed by atoms with Crippen LogP contribution in [0.2, 0.25) is 0 Å². The minimum absolute atomic E-state index is 0.104. The first-order valence-corrected chi connectivity index (χ1v) is 3.77. The molecule has 0 aliphatic heterocycles. The highest BCUT2D eigenvalue weighted by Gasteiger charge is 2.25. The fourth-order valence-electron chi connectivity index (χ4n) is 1.01. The zero-order valence-corrected chi connectivity index (χ0v) is 6.97. The standard InChI is InChI=1S/C10H9NO2/c1-2-10(13,5-8-12)9-3-6-11-7-4-9/h1,3-4,6-8,13H,5H2. The van der Waals surface area contributed by atoms with E-state index >= 15 is 0 Å². The Labute approximate surface area is 76.4 Å². The number of hydrogen-bond acceptors (Lipinski definition) is 3. The number of pyridine rings is 1. The van der Waals surface area contributed by atoms with Gasteiger partial charge in [-0.3, -0.25) is 4.98 Å². The normalized spacial score (nSPS) is 14.2. The molecule has 3 nitrogen and oxygen atoms in total. The second-order valence-corrected chi connectivity index (χ2v) is 2.61. The molecule has 1 atom stereocenters. The van der Waals surface area contributed by atoms with Crippen molar-refractivity contribution in [1.29, 1.82) is 0 Å². The average Bonchev–Trinajstić information content (AvgIpc) is 2.19. The summed E-state index contributed by atoms with van der Waals surface area (Å²) in [7, 11) is 0. The largest absolute Gasteiger partial charge is 0.373 e. The minimum Gasteiger partial charge on any atom is -0.373 e. The minimum atomic E-state index is -1.50. The second kappa shape index (κ2) is 3.83. The van der Waals surface area contributed by atoms with Crippen LogP contribution in [0.5, 0.6) is 0 Å². The number of carbonyl (C=O) groups is 1. The number of aliphatic hydroxyl groups is 1. The number of aromatic nitrogens is 1. The second-order valence-electron chi connectivity index (χ2n) is 2.61. The molecule has 0 amide bonds. The van der Waals surface area contributed by atoms with Gasteiger partial charge >= 0.3 is 0 Å². The molecule has 0 fully saturated rings. The molecule has 0 radical (unpaired) electrons. The molecule has 1 rings (SSSR count). The molecule has 3 heteroatoms. The zero-order valence-electron chi connectivity index (χ0n) is 6.97. The van der Waals surface area contributed by atoms with Gasteiger partial charge in [0, 0.05) is 18.8 Å². The lowest BCUT2D eigenvalue weighted by Gasteiger charge is -2.19. The van der Waals surface area contributed by atoms with Gasteiger partial charge in [0.1, 0.15) is 6.29 Å². The highest BCUT2D eigenvalue weighted by atomic mass is 16.3. The summed E-state index contributed by atoms with van der Waals surface area (Å²) < 4.78 is 0. The SMILES string of the molecule is C#CC(O)(CC=O)c1ccncc1. The van der Waals surface area contributed by atoms with E-state index < -0.39 is 5.60 Å². The lowest BCUT2D eigenvalue weighted by molar-refractivity contribution is -0.110. The van der Waals surface area contributed by atoms with Crippen molar-refractivity contribution in [1.82, 2.24) is 4.98 Å². The third-order valence-corrected chi connectivity index (χ3v) is 1.78. The van der Waals surface area contributed by atoms with Crippen molar-refractivity contribution in [3.8, 4) is 12.3 Å². The number of aldehydes is 1. The monoisotopic (exact) mass is 175 g/mol. The van der Waals surface area contributed by atoms with Crippen molar-refractivity contribution in [3.05, 3.63) is 30.1 Å². The molecular formula is C10H9NO2. The van der Waals surface area contributed by atoms with Crippen molar-refractivity contribution in [2.24, 2.45) is 0 Å². The first kappa shape index (κ1) is 9.43. The molecule has 66 valence electrons. The van der Waals surface area contributed by atoms with Gasteiger partial charge in [0.25, 0.3) is 0 Å². The Kier molecular flexibility index (Phi) is 2.78. The van der Waals surface area contributed by atoms with Gasteiger partial charge in [0.2, 0.25) is 0 Å². The molecule has 13 heavy (non-hydrogen) atoms. The van der Waals surface area contributed by atoms with Crippen LogP contribution in [0.3, 0.4) is 0 Å². The van der Waals surface area contributed by atoms with Gasteiger partial charge in [-0.15, -0.1) is 6.42 Å². The summed E-state index contributed by atoms with van der Waals surface area (Å²) >= 11 is 0. The zero-order chi connectivity index (χ0) is 9.73. The number of rotatable bonds is 3. The fourth-order valence-corrected chi connectivity index (χ4v) is 1.01. The van der Waals surface area contributed by atoms with E-state index in [9.17, 15) is 9.90 Å². The molecule has 0 saturated carbocycles. The highest BCUT2D eigenvalue weighted by molar-refractivity contribution is 5.54. The molecule has 0 spiro atoms. The Morgan fingerprint density at radius 3 is 2.69 bits per heavy atom. The van der Waals surface area contributed by atoms with E-state index in [2.05, 4.69) is 10.9 Å². The van der Waals surface area contributed by atoms with Crippen LogP contribution < -0.4 is 0 Å². The molecule has 0 aliphatic carbocycles. The van der Waals surface area contributed by atoms with Crippen molar-refractivity contribution in [3.63, 3.8) is 0 Å². The van der Waals surface area contributed by atoms with Crippen LogP contribution in [-0.2, 0) is 10.4 Å². The molecule has 1 unspecified atom stereocenters. The summed E-state index contributed by atoms with van der Waals surface area (Å²) in [5.41, 5.74) is -0.984. The summed E-state index contributed by atoms with van der Waals surface area (Å²) in [5, 5.41) is 9.80. The van der Waals surface area contributed by atoms with E-state index in [-0.39, 0.29) is 6.42 Å². The van der Waals surface area contributed by atoms with Crippen LogP contribution in [-0.4, -0.2) is 16.4 Å². The molecule has 1 N–H and O–H groups in total. The van der Waals surface area contributed by atoms with Crippen molar-refractivity contribution < 1.29 is 9.90 Å². The highest BCUT2D eigenvalue weighted by Crippen LogP contribution is 2.21. The van der Waals surface area contributed by atoms with Crippen LogP contribution >= 0.6 is 0 Å². The predicted molar refractivity (Wildman–Crippen MR) is 47.6 cm³/mol. The van der Waals surface area contributed by atoms with Crippen LogP contribution in [0.4, 0.5) is 0 Å². The molecule has 0 aliphatic rings. The van der Waals surface area contributed by atoms with E-state index in [4.69, 9.17) is 6.42 Å². The first-order valence-electron chi connectivity index (χ1n) is 3.77. The number of hydrogen-bond donors (Lipinski definition) is 1. The first-order chi connectivity index (χ1) is 6.23. The van der Waals surface area contributed by atoms with E-state index in [0.717, 1.165) is 0 Å². The van der Waals surface area contributed by atoms with Gasteiger partial charge in [0.15, 0.2) is 5.60 Å². The number of terminal acetylenes is 1. The maximum absolute atomic E-state index is 10.3. The number of nitrogens with zero attached hydrogens (tertiary/aromatic N) is 1. The Morgan fingerprint density at radius 2 is 2.23 bits per heavy atom. The quantitative estimate of drug-likeness (QED) is 0.537. The Morgan fingerprint density at radius 1 is 1.62 bits per heavy atom. The lowest BCUT2D eigenvalue weighted by atomic mass is 9.93. The third kappa shape index (κ3) is 1.92. The van der Waals surface area contributed by atoms with Crippen LogP contribution in [0.25, 0.3) is 0 Å². The van der Waals surface area contributed by atoms with Gasteiger partial charge < -0.3 is 9.90 Å². The van der Waals surface area contributed by atoms with E-state index in [1.54, 1.807) is 12.1 Å². The smallest absolute Gasteiger partial charge is 0.157 e. The summed E-state index contributed by atoms with van der Waals surface area (Å²) in [5.74, 6) is 2.19. The topological polar surface area (TPSA) is 50.2 Å². The van der Waals surface area contributed by atoms with Gasteiger partial charge in [-0.25, -0.2) is 0 Å². The Bertz CT molecular complexity index is 329.